The first-order valence-electron chi connectivity index (χ1n) is 11.2. The number of rotatable bonds is 6. The monoisotopic (exact) mass is 442 g/mol. The highest BCUT2D eigenvalue weighted by Crippen LogP contribution is 2.13. The summed E-state index contributed by atoms with van der Waals surface area (Å²) in [5, 5.41) is 7.47. The van der Waals surface area contributed by atoms with Crippen LogP contribution in [0.25, 0.3) is 0 Å². The van der Waals surface area contributed by atoms with Crippen molar-refractivity contribution in [3.05, 3.63) is 152 Å². The summed E-state index contributed by atoms with van der Waals surface area (Å²) in [4.78, 5) is 0. The summed E-state index contributed by atoms with van der Waals surface area (Å²) < 4.78 is 0. The molecule has 0 aliphatic rings. The maximum Gasteiger partial charge on any atom is 0.146 e. The Morgan fingerprint density at radius 3 is 0.844 bits per heavy atom. The summed E-state index contributed by atoms with van der Waals surface area (Å²) in [6.07, 6.45) is 0. The van der Waals surface area contributed by atoms with Gasteiger partial charge in [0, 0.05) is 0 Å². The molecule has 0 unspecified atom stereocenters. The van der Waals surface area contributed by atoms with Crippen molar-refractivity contribution < 1.29 is 0 Å². The van der Waals surface area contributed by atoms with E-state index in [1.807, 2.05) is 0 Å². The standard InChI is InChI=1S/C30H26Si2/c1-6-16-26(17-7-1)31(27-18-8-2-9-19-27)32(28-20-10-3-11-21-28,29-22-12-4-13-23-29)30-24-14-5-15-25-30/h1-25,31H. The molecule has 0 bridgehead atoms. The Morgan fingerprint density at radius 1 is 0.312 bits per heavy atom. The summed E-state index contributed by atoms with van der Waals surface area (Å²) in [5.41, 5.74) is 0. The van der Waals surface area contributed by atoms with Gasteiger partial charge in [0.05, 0.1) is 0 Å². The molecule has 0 saturated heterocycles. The van der Waals surface area contributed by atoms with E-state index in [9.17, 15) is 0 Å². The zero-order chi connectivity index (χ0) is 21.6. The lowest BCUT2D eigenvalue weighted by Gasteiger charge is -2.40. The van der Waals surface area contributed by atoms with Crippen LogP contribution in [-0.4, -0.2) is 15.9 Å². The third-order valence-electron chi connectivity index (χ3n) is 6.39. The van der Waals surface area contributed by atoms with Crippen molar-refractivity contribution in [3.63, 3.8) is 0 Å². The Labute approximate surface area is 193 Å². The minimum Gasteiger partial charge on any atom is -0.0632 e. The SMILES string of the molecule is c1ccc([SiH](c2ccccc2)[Si](c2ccccc2)(c2ccccc2)c2ccccc2)cc1. The zero-order valence-corrected chi connectivity index (χ0v) is 20.2. The predicted octanol–water partition coefficient (Wildman–Crippen LogP) is 3.28. The van der Waals surface area contributed by atoms with Crippen LogP contribution in [0.4, 0.5) is 0 Å². The van der Waals surface area contributed by atoms with Crippen molar-refractivity contribution in [2.45, 2.75) is 0 Å². The molecular formula is C30H26Si2. The molecule has 0 amide bonds. The van der Waals surface area contributed by atoms with Gasteiger partial charge in [0.15, 0.2) is 0 Å². The number of hydrogen-bond donors (Lipinski definition) is 0. The third-order valence-corrected chi connectivity index (χ3v) is 20.7. The van der Waals surface area contributed by atoms with E-state index in [1.165, 1.54) is 25.9 Å². The largest absolute Gasteiger partial charge is 0.146 e. The molecule has 5 rings (SSSR count). The van der Waals surface area contributed by atoms with Crippen molar-refractivity contribution in [2.24, 2.45) is 0 Å². The van der Waals surface area contributed by atoms with Gasteiger partial charge in [-0.1, -0.05) is 178 Å². The Kier molecular flexibility index (Phi) is 5.97. The van der Waals surface area contributed by atoms with Gasteiger partial charge in [-0.2, -0.15) is 0 Å². The molecule has 0 aliphatic carbocycles. The van der Waals surface area contributed by atoms with E-state index < -0.39 is 15.9 Å². The first-order valence-corrected chi connectivity index (χ1v) is 16.1. The van der Waals surface area contributed by atoms with Crippen molar-refractivity contribution in [1.82, 2.24) is 0 Å². The zero-order valence-electron chi connectivity index (χ0n) is 18.0. The van der Waals surface area contributed by atoms with Crippen molar-refractivity contribution in [2.75, 3.05) is 0 Å². The smallest absolute Gasteiger partial charge is 0.0632 e. The molecule has 0 N–H and O–H groups in total. The molecule has 0 spiro atoms. The lowest BCUT2D eigenvalue weighted by molar-refractivity contribution is 1.69. The lowest BCUT2D eigenvalue weighted by Crippen LogP contribution is -2.82. The topological polar surface area (TPSA) is 0 Å². The molecule has 0 nitrogen and oxygen atoms in total. The summed E-state index contributed by atoms with van der Waals surface area (Å²) in [7, 11) is -4.14. The average Bonchev–Trinajstić information content (AvgIpc) is 2.90. The quantitative estimate of drug-likeness (QED) is 0.280. The maximum absolute atomic E-state index is 2.40. The summed E-state index contributed by atoms with van der Waals surface area (Å²) in [6, 6.07) is 56.5. The molecular weight excluding hydrogens is 417 g/mol. The molecule has 0 radical (unpaired) electrons. The maximum atomic E-state index is 2.37. The second-order valence-corrected chi connectivity index (χ2v) is 18.0. The molecule has 2 heteroatoms. The van der Waals surface area contributed by atoms with Gasteiger partial charge in [0.25, 0.3) is 0 Å². The normalized spacial score (nSPS) is 11.4. The highest BCUT2D eigenvalue weighted by molar-refractivity contribution is 7.56. The number of hydrogen-bond acceptors (Lipinski definition) is 0. The van der Waals surface area contributed by atoms with Crippen LogP contribution in [0.1, 0.15) is 0 Å². The van der Waals surface area contributed by atoms with Crippen LogP contribution < -0.4 is 25.9 Å². The van der Waals surface area contributed by atoms with Crippen LogP contribution in [0.5, 0.6) is 0 Å². The van der Waals surface area contributed by atoms with E-state index in [-0.39, 0.29) is 0 Å². The third kappa shape index (κ3) is 3.68. The van der Waals surface area contributed by atoms with Crippen LogP contribution in [0, 0.1) is 0 Å². The first kappa shape index (κ1) is 20.4. The molecule has 0 saturated carbocycles. The van der Waals surface area contributed by atoms with E-state index in [0.29, 0.717) is 0 Å². The van der Waals surface area contributed by atoms with Crippen molar-refractivity contribution >= 4 is 41.8 Å². The van der Waals surface area contributed by atoms with E-state index in [2.05, 4.69) is 152 Å². The van der Waals surface area contributed by atoms with Gasteiger partial charge in [0.2, 0.25) is 0 Å². The second-order valence-electron chi connectivity index (χ2n) is 8.16. The van der Waals surface area contributed by atoms with Crippen molar-refractivity contribution in [1.29, 1.82) is 0 Å². The van der Waals surface area contributed by atoms with Crippen molar-refractivity contribution in [3.8, 4) is 0 Å². The van der Waals surface area contributed by atoms with Gasteiger partial charge in [-0.25, -0.2) is 0 Å². The highest BCUT2D eigenvalue weighted by Gasteiger charge is 2.48. The van der Waals surface area contributed by atoms with Gasteiger partial charge in [-0.05, 0) is 0 Å². The van der Waals surface area contributed by atoms with Crippen LogP contribution in [0.3, 0.4) is 0 Å². The Balaban J connectivity index is 1.94. The van der Waals surface area contributed by atoms with Gasteiger partial charge in [-0.3, -0.25) is 0 Å². The van der Waals surface area contributed by atoms with Crippen LogP contribution in [0.2, 0.25) is 0 Å². The second kappa shape index (κ2) is 9.35. The minimum absolute atomic E-state index is 1.49. The van der Waals surface area contributed by atoms with Gasteiger partial charge >= 0.3 is 0 Å². The molecule has 0 aromatic heterocycles. The molecule has 0 fully saturated rings. The van der Waals surface area contributed by atoms with E-state index >= 15 is 0 Å². The Bertz CT molecular complexity index is 1100. The molecule has 0 atom stereocenters. The fourth-order valence-electron chi connectivity index (χ4n) is 5.09. The lowest BCUT2D eigenvalue weighted by atomic mass is 10.3. The van der Waals surface area contributed by atoms with E-state index in [0.717, 1.165) is 0 Å². The van der Waals surface area contributed by atoms with Crippen LogP contribution in [-0.2, 0) is 0 Å². The Hall–Kier alpha value is -3.47. The van der Waals surface area contributed by atoms with Gasteiger partial charge in [-0.15, -0.1) is 0 Å². The molecule has 5 aromatic rings. The van der Waals surface area contributed by atoms with Crippen LogP contribution >= 0.6 is 0 Å². The number of benzene rings is 5. The van der Waals surface area contributed by atoms with E-state index in [4.69, 9.17) is 0 Å². The summed E-state index contributed by atoms with van der Waals surface area (Å²) >= 11 is 0. The summed E-state index contributed by atoms with van der Waals surface area (Å²) in [5.74, 6) is 0. The Morgan fingerprint density at radius 2 is 0.562 bits per heavy atom. The average molecular weight is 443 g/mol. The molecule has 32 heavy (non-hydrogen) atoms. The molecule has 0 heterocycles. The first-order chi connectivity index (χ1) is 15.9. The van der Waals surface area contributed by atoms with E-state index in [1.54, 1.807) is 0 Å². The minimum atomic E-state index is -2.40. The van der Waals surface area contributed by atoms with Gasteiger partial charge in [0.1, 0.15) is 15.9 Å². The molecule has 0 aliphatic heterocycles. The fourth-order valence-corrected chi connectivity index (χ4v) is 20.7. The van der Waals surface area contributed by atoms with Crippen LogP contribution in [0.15, 0.2) is 152 Å². The molecule has 5 aromatic carbocycles. The molecule has 154 valence electrons. The highest BCUT2D eigenvalue weighted by atomic mass is 29.2. The predicted molar refractivity (Wildman–Crippen MR) is 143 cm³/mol. The van der Waals surface area contributed by atoms with Gasteiger partial charge < -0.3 is 0 Å². The summed E-state index contributed by atoms with van der Waals surface area (Å²) in [6.45, 7) is 0. The fraction of sp³-hybridized carbons (Fsp3) is 0.